The molecule has 176 valence electrons. The lowest BCUT2D eigenvalue weighted by atomic mass is 10.5. The molecule has 0 fully saturated rings. The molecule has 0 heterocycles. The summed E-state index contributed by atoms with van der Waals surface area (Å²) in [6.07, 6.45) is 3.88. The van der Waals surface area contributed by atoms with Gasteiger partial charge in [0, 0.05) is 0 Å². The van der Waals surface area contributed by atoms with Crippen LogP contribution < -0.4 is 0 Å². The molecule has 0 aromatic carbocycles. The SMILES string of the molecule is CCC[Si](CCC)(CCC)C([Si](CCC)(CCC)CCC)(S(=O)(=O)O)S(=O)(=O)O. The van der Waals surface area contributed by atoms with Crippen molar-refractivity contribution in [3.63, 3.8) is 0 Å². The molecule has 2 N–H and O–H groups in total. The molecule has 0 aliphatic heterocycles. The van der Waals surface area contributed by atoms with Crippen LogP contribution in [0.3, 0.4) is 0 Å². The monoisotopic (exact) mass is 488 g/mol. The van der Waals surface area contributed by atoms with Crippen molar-refractivity contribution in [3.05, 3.63) is 0 Å². The number of hydrogen-bond acceptors (Lipinski definition) is 4. The van der Waals surface area contributed by atoms with Crippen molar-refractivity contribution in [1.82, 2.24) is 0 Å². The third-order valence-electron chi connectivity index (χ3n) is 6.49. The van der Waals surface area contributed by atoms with Crippen LogP contribution >= 0.6 is 0 Å². The second kappa shape index (κ2) is 11.8. The van der Waals surface area contributed by atoms with Crippen LogP contribution in [0.15, 0.2) is 0 Å². The summed E-state index contributed by atoms with van der Waals surface area (Å²) in [4.78, 5) is 0. The summed E-state index contributed by atoms with van der Waals surface area (Å²) in [5.41, 5.74) is 0. The van der Waals surface area contributed by atoms with E-state index in [2.05, 4.69) is 0 Å². The Bertz CT molecular complexity index is 597. The minimum Gasteiger partial charge on any atom is -0.285 e. The molecule has 0 aliphatic rings. The quantitative estimate of drug-likeness (QED) is 0.207. The molecule has 0 saturated heterocycles. The van der Waals surface area contributed by atoms with Crippen LogP contribution in [0.4, 0.5) is 0 Å². The number of rotatable bonds is 16. The van der Waals surface area contributed by atoms with Gasteiger partial charge >= 0.3 is 0 Å². The Morgan fingerprint density at radius 1 is 0.517 bits per heavy atom. The van der Waals surface area contributed by atoms with E-state index in [1.54, 1.807) is 0 Å². The first kappa shape index (κ1) is 29.3. The average Bonchev–Trinajstić information content (AvgIpc) is 2.54. The van der Waals surface area contributed by atoms with Crippen molar-refractivity contribution < 1.29 is 25.9 Å². The van der Waals surface area contributed by atoms with Gasteiger partial charge in [-0.3, -0.25) is 9.11 Å². The minimum atomic E-state index is -5.05. The first-order valence-electron chi connectivity index (χ1n) is 11.3. The van der Waals surface area contributed by atoms with Crippen LogP contribution in [0.2, 0.25) is 36.3 Å². The zero-order valence-electron chi connectivity index (χ0n) is 19.3. The second-order valence-electron chi connectivity index (χ2n) is 8.63. The van der Waals surface area contributed by atoms with Gasteiger partial charge in [-0.2, -0.15) is 16.8 Å². The van der Waals surface area contributed by atoms with Crippen LogP contribution in [0.5, 0.6) is 0 Å². The fourth-order valence-electron chi connectivity index (χ4n) is 6.40. The molecule has 10 heteroatoms. The van der Waals surface area contributed by atoms with Crippen molar-refractivity contribution in [2.75, 3.05) is 0 Å². The van der Waals surface area contributed by atoms with E-state index in [0.717, 1.165) is 0 Å². The molecule has 0 aromatic rings. The van der Waals surface area contributed by atoms with E-state index in [-0.39, 0.29) is 0 Å². The van der Waals surface area contributed by atoms with E-state index in [4.69, 9.17) is 0 Å². The lowest BCUT2D eigenvalue weighted by Gasteiger charge is -2.55. The molecule has 0 aromatic heterocycles. The van der Waals surface area contributed by atoms with Crippen LogP contribution in [0.1, 0.15) is 80.1 Å². The van der Waals surface area contributed by atoms with Gasteiger partial charge in [-0.25, -0.2) is 0 Å². The summed E-state index contributed by atoms with van der Waals surface area (Å²) < 4.78 is 72.5. The highest BCUT2D eigenvalue weighted by molar-refractivity contribution is 8.11. The minimum absolute atomic E-state index is 0.486. The van der Waals surface area contributed by atoms with Gasteiger partial charge in [0.15, 0.2) is 3.33 Å². The predicted octanol–water partition coefficient (Wildman–Crippen LogP) is 5.89. The normalized spacial score (nSPS) is 14.3. The average molecular weight is 489 g/mol. The summed E-state index contributed by atoms with van der Waals surface area (Å²) >= 11 is 0. The molecular formula is C19H44O6S2Si2. The van der Waals surface area contributed by atoms with Crippen molar-refractivity contribution in [2.24, 2.45) is 0 Å². The van der Waals surface area contributed by atoms with Crippen LogP contribution in [0.25, 0.3) is 0 Å². The van der Waals surface area contributed by atoms with E-state index < -0.39 is 39.7 Å². The van der Waals surface area contributed by atoms with Gasteiger partial charge < -0.3 is 0 Å². The summed E-state index contributed by atoms with van der Waals surface area (Å²) in [5.74, 6) is 0. The fourth-order valence-corrected chi connectivity index (χ4v) is 35.9. The molecule has 0 bridgehead atoms. The van der Waals surface area contributed by atoms with Gasteiger partial charge in [0.05, 0.1) is 0 Å². The summed E-state index contributed by atoms with van der Waals surface area (Å²) in [5, 5.41) is 0. The molecule has 0 radical (unpaired) electrons. The molecule has 0 rings (SSSR count). The topological polar surface area (TPSA) is 109 Å². The van der Waals surface area contributed by atoms with E-state index >= 15 is 0 Å². The van der Waals surface area contributed by atoms with Crippen molar-refractivity contribution in [2.45, 2.75) is 120 Å². The van der Waals surface area contributed by atoms with E-state index in [1.165, 1.54) is 0 Å². The Labute approximate surface area is 181 Å². The molecule has 0 aliphatic carbocycles. The lowest BCUT2D eigenvalue weighted by molar-refractivity contribution is 0.455. The van der Waals surface area contributed by atoms with Gasteiger partial charge in [0.1, 0.15) is 16.1 Å². The van der Waals surface area contributed by atoms with Gasteiger partial charge in [0.2, 0.25) is 0 Å². The Kier molecular flexibility index (Phi) is 11.9. The number of hydrogen-bond donors (Lipinski definition) is 2. The highest BCUT2D eigenvalue weighted by Crippen LogP contribution is 2.54. The molecule has 0 spiro atoms. The molecule has 29 heavy (non-hydrogen) atoms. The van der Waals surface area contributed by atoms with E-state index in [1.807, 2.05) is 41.5 Å². The Balaban J connectivity index is 7.85. The van der Waals surface area contributed by atoms with E-state index in [9.17, 15) is 25.9 Å². The Hall–Kier alpha value is 0.254. The third kappa shape index (κ3) is 5.36. The van der Waals surface area contributed by atoms with Gasteiger partial charge in [-0.05, 0) is 0 Å². The van der Waals surface area contributed by atoms with Crippen molar-refractivity contribution in [1.29, 1.82) is 0 Å². The lowest BCUT2D eigenvalue weighted by Crippen LogP contribution is -2.79. The molecule has 6 nitrogen and oxygen atoms in total. The third-order valence-corrected chi connectivity index (χ3v) is 32.2. The van der Waals surface area contributed by atoms with Gasteiger partial charge in [-0.15, -0.1) is 0 Å². The molecule has 0 atom stereocenters. The summed E-state index contributed by atoms with van der Waals surface area (Å²) in [6.45, 7) is 11.6. The highest BCUT2D eigenvalue weighted by atomic mass is 32.3. The van der Waals surface area contributed by atoms with Gasteiger partial charge in [-0.1, -0.05) is 116 Å². The maximum atomic E-state index is 13.3. The maximum absolute atomic E-state index is 13.3. The molecule has 0 unspecified atom stereocenters. The first-order valence-corrected chi connectivity index (χ1v) is 19.4. The standard InChI is InChI=1S/C19H44O6S2Si2/c1-7-13-28(14-8-2,15-9-3)19(26(20,21)22,27(23,24)25)29(16-10-4,17-11-5)18-12-6/h7-18H2,1-6H3,(H,20,21,22)(H,23,24,25). The largest absolute Gasteiger partial charge is 0.285 e. The van der Waals surface area contributed by atoms with Crippen LogP contribution in [0, 0.1) is 0 Å². The van der Waals surface area contributed by atoms with Crippen molar-refractivity contribution in [3.8, 4) is 0 Å². The molecule has 0 amide bonds. The van der Waals surface area contributed by atoms with E-state index in [0.29, 0.717) is 74.8 Å². The summed E-state index contributed by atoms with van der Waals surface area (Å²) in [6, 6.07) is 2.92. The maximum Gasteiger partial charge on any atom is 0.281 e. The summed E-state index contributed by atoms with van der Waals surface area (Å²) in [7, 11) is -16.5. The Morgan fingerprint density at radius 3 is 0.793 bits per heavy atom. The second-order valence-corrected chi connectivity index (χ2v) is 23.6. The fraction of sp³-hybridized carbons (Fsp3) is 1.00. The van der Waals surface area contributed by atoms with Gasteiger partial charge in [0.25, 0.3) is 20.2 Å². The van der Waals surface area contributed by atoms with Crippen LogP contribution in [-0.4, -0.2) is 45.4 Å². The van der Waals surface area contributed by atoms with Crippen molar-refractivity contribution >= 4 is 36.4 Å². The zero-order valence-corrected chi connectivity index (χ0v) is 23.0. The zero-order chi connectivity index (χ0) is 23.0. The highest BCUT2D eigenvalue weighted by Gasteiger charge is 2.76. The smallest absolute Gasteiger partial charge is 0.281 e. The molecule has 0 saturated carbocycles. The first-order chi connectivity index (χ1) is 13.4. The van der Waals surface area contributed by atoms with Crippen LogP contribution in [-0.2, 0) is 20.2 Å². The Morgan fingerprint density at radius 2 is 0.690 bits per heavy atom. The predicted molar refractivity (Wildman–Crippen MR) is 128 cm³/mol. The molecular weight excluding hydrogens is 445 g/mol.